The topological polar surface area (TPSA) is 88.0 Å². The van der Waals surface area contributed by atoms with Gasteiger partial charge in [-0.3, -0.25) is 4.39 Å². The van der Waals surface area contributed by atoms with E-state index >= 15 is 0 Å². The third kappa shape index (κ3) is 13.6. The lowest BCUT2D eigenvalue weighted by Gasteiger charge is -2.16. The van der Waals surface area contributed by atoms with Crippen LogP contribution in [0.5, 0.6) is 0 Å². The van der Waals surface area contributed by atoms with Gasteiger partial charge in [0.2, 0.25) is 0 Å². The van der Waals surface area contributed by atoms with Crippen molar-refractivity contribution in [1.82, 2.24) is 5.32 Å². The fourth-order valence-corrected chi connectivity index (χ4v) is 1.56. The minimum Gasteiger partial charge on any atom is -0.484 e. The van der Waals surface area contributed by atoms with Gasteiger partial charge in [-0.2, -0.15) is 0 Å². The SMILES string of the molecule is C/C=C\NC1CCC(COC(=S)C(C)C)O1.CF.O=C(O)O. The van der Waals surface area contributed by atoms with Crippen molar-refractivity contribution in [2.45, 2.75) is 45.9 Å². The zero-order chi connectivity index (χ0) is 17.5. The van der Waals surface area contributed by atoms with Crippen molar-refractivity contribution in [1.29, 1.82) is 0 Å². The summed E-state index contributed by atoms with van der Waals surface area (Å²) in [5.74, 6) is 0.299. The maximum absolute atomic E-state index is 9.50. The van der Waals surface area contributed by atoms with Crippen molar-refractivity contribution in [3.8, 4) is 0 Å². The summed E-state index contributed by atoms with van der Waals surface area (Å²) in [6, 6.07) is 0. The molecule has 130 valence electrons. The molecule has 0 spiro atoms. The molecule has 0 amide bonds. The Balaban J connectivity index is 0. The zero-order valence-corrected chi connectivity index (χ0v) is 14.2. The summed E-state index contributed by atoms with van der Waals surface area (Å²) >= 11 is 5.11. The Bertz CT molecular complexity index is 335. The van der Waals surface area contributed by atoms with E-state index in [-0.39, 0.29) is 12.3 Å². The number of rotatable bonds is 5. The lowest BCUT2D eigenvalue weighted by Crippen LogP contribution is -2.26. The Kier molecular flexibility index (Phi) is 15.1. The molecule has 1 rings (SSSR count). The fourth-order valence-electron chi connectivity index (χ4n) is 1.50. The van der Waals surface area contributed by atoms with E-state index in [9.17, 15) is 4.39 Å². The first-order chi connectivity index (χ1) is 10.4. The summed E-state index contributed by atoms with van der Waals surface area (Å²) in [7, 11) is 0.500. The Morgan fingerprint density at radius 1 is 1.45 bits per heavy atom. The molecule has 0 bridgehead atoms. The lowest BCUT2D eigenvalue weighted by molar-refractivity contribution is 0.00599. The Morgan fingerprint density at radius 3 is 2.45 bits per heavy atom. The van der Waals surface area contributed by atoms with Crippen LogP contribution >= 0.6 is 12.2 Å². The van der Waals surface area contributed by atoms with E-state index in [1.54, 1.807) is 0 Å². The van der Waals surface area contributed by atoms with Crippen molar-refractivity contribution in [2.75, 3.05) is 13.8 Å². The number of carboxylic acid groups (broad SMARTS) is 2. The lowest BCUT2D eigenvalue weighted by atomic mass is 10.2. The molecule has 22 heavy (non-hydrogen) atoms. The standard InChI is InChI=1S/C12H21NO2S.CH3F.CH2O3/c1-4-7-13-11-6-5-10(15-11)8-14-12(16)9(2)3;1-2;2-1(3)4/h4,7,9-11,13H,5-6,8H2,1-3H3;1H3;(H2,2,3,4)/b7-4-;;. The second kappa shape index (κ2) is 14.5. The number of halogens is 1. The molecule has 2 atom stereocenters. The molecule has 0 radical (unpaired) electrons. The monoisotopic (exact) mass is 339 g/mol. The van der Waals surface area contributed by atoms with Gasteiger partial charge in [0.1, 0.15) is 12.8 Å². The van der Waals surface area contributed by atoms with Crippen molar-refractivity contribution in [2.24, 2.45) is 5.92 Å². The number of thiocarbonyl (C=S) groups is 1. The number of hydrogen-bond donors (Lipinski definition) is 3. The van der Waals surface area contributed by atoms with E-state index in [1.807, 2.05) is 33.0 Å². The van der Waals surface area contributed by atoms with Crippen LogP contribution in [0.2, 0.25) is 0 Å². The third-order valence-electron chi connectivity index (χ3n) is 2.44. The van der Waals surface area contributed by atoms with E-state index < -0.39 is 6.16 Å². The van der Waals surface area contributed by atoms with Gasteiger partial charge >= 0.3 is 6.16 Å². The molecule has 1 saturated heterocycles. The van der Waals surface area contributed by atoms with Gasteiger partial charge < -0.3 is 25.0 Å². The highest BCUT2D eigenvalue weighted by Crippen LogP contribution is 2.18. The molecule has 6 nitrogen and oxygen atoms in total. The number of ether oxygens (including phenoxy) is 2. The molecule has 0 aromatic heterocycles. The van der Waals surface area contributed by atoms with Crippen molar-refractivity contribution >= 4 is 23.4 Å². The van der Waals surface area contributed by atoms with Crippen LogP contribution in [0.15, 0.2) is 12.3 Å². The van der Waals surface area contributed by atoms with Gasteiger partial charge in [-0.05, 0) is 38.2 Å². The molecule has 1 aliphatic heterocycles. The van der Waals surface area contributed by atoms with Crippen LogP contribution in [0.4, 0.5) is 9.18 Å². The Hall–Kier alpha value is -1.41. The van der Waals surface area contributed by atoms with E-state index in [0.717, 1.165) is 12.8 Å². The summed E-state index contributed by atoms with van der Waals surface area (Å²) in [6.07, 6.45) is 4.37. The molecular formula is C14H26FNO5S. The minimum absolute atomic E-state index is 0.123. The number of allylic oxidation sites excluding steroid dienone is 1. The van der Waals surface area contributed by atoms with Gasteiger partial charge in [-0.15, -0.1) is 0 Å². The molecule has 2 unspecified atom stereocenters. The van der Waals surface area contributed by atoms with Crippen LogP contribution in [0.25, 0.3) is 0 Å². The number of nitrogens with one attached hydrogen (secondary N) is 1. The summed E-state index contributed by atoms with van der Waals surface area (Å²) in [6.45, 7) is 6.62. The summed E-state index contributed by atoms with van der Waals surface area (Å²) < 4.78 is 20.7. The maximum Gasteiger partial charge on any atom is 0.503 e. The number of hydrogen-bond acceptors (Lipinski definition) is 5. The van der Waals surface area contributed by atoms with Crippen LogP contribution < -0.4 is 5.32 Å². The third-order valence-corrected chi connectivity index (χ3v) is 3.03. The van der Waals surface area contributed by atoms with Crippen LogP contribution in [0.1, 0.15) is 33.6 Å². The molecule has 0 aliphatic carbocycles. The quantitative estimate of drug-likeness (QED) is 0.661. The van der Waals surface area contributed by atoms with Gasteiger partial charge in [-0.1, -0.05) is 19.9 Å². The minimum atomic E-state index is -1.83. The first kappa shape index (κ1) is 22.9. The Morgan fingerprint density at radius 2 is 2.00 bits per heavy atom. The average Bonchev–Trinajstić information content (AvgIpc) is 2.92. The predicted molar refractivity (Wildman–Crippen MR) is 86.9 cm³/mol. The highest BCUT2D eigenvalue weighted by atomic mass is 32.1. The summed E-state index contributed by atoms with van der Waals surface area (Å²) in [4.78, 5) is 8.56. The van der Waals surface area contributed by atoms with Gasteiger partial charge in [0, 0.05) is 5.92 Å². The predicted octanol–water partition coefficient (Wildman–Crippen LogP) is 3.42. The van der Waals surface area contributed by atoms with Crippen molar-refractivity contribution < 1.29 is 28.9 Å². The van der Waals surface area contributed by atoms with Crippen molar-refractivity contribution in [3.63, 3.8) is 0 Å². The highest BCUT2D eigenvalue weighted by molar-refractivity contribution is 7.80. The first-order valence-electron chi connectivity index (χ1n) is 6.85. The molecule has 1 fully saturated rings. The van der Waals surface area contributed by atoms with Crippen LogP contribution in [0, 0.1) is 5.92 Å². The second-order valence-electron chi connectivity index (χ2n) is 4.56. The second-order valence-corrected chi connectivity index (χ2v) is 4.96. The smallest absolute Gasteiger partial charge is 0.484 e. The van der Waals surface area contributed by atoms with Crippen LogP contribution in [-0.4, -0.2) is 47.5 Å². The first-order valence-corrected chi connectivity index (χ1v) is 7.26. The number of carbonyl (C=O) groups is 1. The fraction of sp³-hybridized carbons (Fsp3) is 0.714. The largest absolute Gasteiger partial charge is 0.503 e. The molecule has 3 N–H and O–H groups in total. The van der Waals surface area contributed by atoms with Gasteiger partial charge in [0.05, 0.1) is 13.3 Å². The highest BCUT2D eigenvalue weighted by Gasteiger charge is 2.25. The van der Waals surface area contributed by atoms with Gasteiger partial charge in [-0.25, -0.2) is 4.79 Å². The molecular weight excluding hydrogens is 313 g/mol. The maximum atomic E-state index is 9.50. The molecule has 1 heterocycles. The zero-order valence-electron chi connectivity index (χ0n) is 13.4. The van der Waals surface area contributed by atoms with E-state index in [4.69, 9.17) is 36.7 Å². The molecule has 0 aromatic carbocycles. The molecule has 0 saturated carbocycles. The van der Waals surface area contributed by atoms with Crippen LogP contribution in [0.3, 0.4) is 0 Å². The van der Waals surface area contributed by atoms with Crippen molar-refractivity contribution in [3.05, 3.63) is 12.3 Å². The molecule has 1 aliphatic rings. The summed E-state index contributed by atoms with van der Waals surface area (Å²) in [5, 5.41) is 17.8. The molecule has 0 aromatic rings. The number of alkyl halides is 1. The normalized spacial score (nSPS) is 19.7. The summed E-state index contributed by atoms with van der Waals surface area (Å²) in [5.41, 5.74) is 0. The van der Waals surface area contributed by atoms with E-state index in [2.05, 4.69) is 5.32 Å². The van der Waals surface area contributed by atoms with E-state index in [1.165, 1.54) is 0 Å². The van der Waals surface area contributed by atoms with Crippen LogP contribution in [-0.2, 0) is 9.47 Å². The van der Waals surface area contributed by atoms with E-state index in [0.29, 0.717) is 24.8 Å². The Labute approximate surface area is 136 Å². The molecule has 8 heteroatoms. The van der Waals surface area contributed by atoms with Gasteiger partial charge in [0.25, 0.3) is 0 Å². The van der Waals surface area contributed by atoms with Gasteiger partial charge in [0.15, 0.2) is 5.05 Å². The average molecular weight is 339 g/mol.